The van der Waals surface area contributed by atoms with Gasteiger partial charge in [0.05, 0.1) is 16.5 Å². The van der Waals surface area contributed by atoms with Crippen LogP contribution in [-0.4, -0.2) is 29.9 Å². The summed E-state index contributed by atoms with van der Waals surface area (Å²) in [5, 5.41) is 0.993. The van der Waals surface area contributed by atoms with Gasteiger partial charge in [-0.15, -0.1) is 12.4 Å². The number of nitrogens with two attached hydrogens (primary N) is 1. The first-order valence-corrected chi connectivity index (χ1v) is 6.81. The van der Waals surface area contributed by atoms with Crippen molar-refractivity contribution in [3.63, 3.8) is 0 Å². The van der Waals surface area contributed by atoms with E-state index in [-0.39, 0.29) is 24.4 Å². The SMILES string of the molecule is Cl.NCC1CCCN1C(=O)Cc1ccc(Cl)c(Cl)c1. The van der Waals surface area contributed by atoms with Crippen molar-refractivity contribution >= 4 is 41.5 Å². The molecule has 2 N–H and O–H groups in total. The van der Waals surface area contributed by atoms with Crippen molar-refractivity contribution in [2.24, 2.45) is 5.73 Å². The standard InChI is InChI=1S/C13H16Cl2N2O.ClH/c14-11-4-3-9(6-12(11)15)7-13(18)17-5-1-2-10(17)8-16;/h3-4,6,10H,1-2,5,7-8,16H2;1H. The van der Waals surface area contributed by atoms with Crippen molar-refractivity contribution in [3.05, 3.63) is 33.8 Å². The van der Waals surface area contributed by atoms with Crippen molar-refractivity contribution in [2.75, 3.05) is 13.1 Å². The molecule has 1 aromatic rings. The first-order valence-electron chi connectivity index (χ1n) is 6.05. The minimum Gasteiger partial charge on any atom is -0.338 e. The molecule has 0 spiro atoms. The lowest BCUT2D eigenvalue weighted by molar-refractivity contribution is -0.131. The number of rotatable bonds is 3. The van der Waals surface area contributed by atoms with Crippen LogP contribution in [0.4, 0.5) is 0 Å². The first kappa shape index (κ1) is 16.6. The van der Waals surface area contributed by atoms with Gasteiger partial charge < -0.3 is 10.6 Å². The molecule has 1 atom stereocenters. The topological polar surface area (TPSA) is 46.3 Å². The molecular weight excluding hydrogens is 307 g/mol. The highest BCUT2D eigenvalue weighted by molar-refractivity contribution is 6.42. The van der Waals surface area contributed by atoms with E-state index < -0.39 is 0 Å². The molecule has 0 saturated carbocycles. The van der Waals surface area contributed by atoms with E-state index in [1.807, 2.05) is 11.0 Å². The molecule has 0 bridgehead atoms. The van der Waals surface area contributed by atoms with Crippen LogP contribution in [0, 0.1) is 0 Å². The van der Waals surface area contributed by atoms with E-state index in [1.54, 1.807) is 12.1 Å². The highest BCUT2D eigenvalue weighted by atomic mass is 35.5. The molecule has 1 heterocycles. The van der Waals surface area contributed by atoms with E-state index in [2.05, 4.69) is 0 Å². The molecule has 0 radical (unpaired) electrons. The van der Waals surface area contributed by atoms with E-state index in [9.17, 15) is 4.79 Å². The summed E-state index contributed by atoms with van der Waals surface area (Å²) in [5.74, 6) is 0.112. The van der Waals surface area contributed by atoms with Gasteiger partial charge in [-0.25, -0.2) is 0 Å². The van der Waals surface area contributed by atoms with Crippen molar-refractivity contribution in [1.29, 1.82) is 0 Å². The van der Waals surface area contributed by atoms with Crippen LogP contribution in [0.15, 0.2) is 18.2 Å². The second-order valence-corrected chi connectivity index (χ2v) is 5.36. The summed E-state index contributed by atoms with van der Waals surface area (Å²) in [6.07, 6.45) is 2.39. The van der Waals surface area contributed by atoms with E-state index >= 15 is 0 Å². The predicted molar refractivity (Wildman–Crippen MR) is 81.2 cm³/mol. The van der Waals surface area contributed by atoms with Crippen molar-refractivity contribution in [1.82, 2.24) is 4.90 Å². The van der Waals surface area contributed by atoms with Crippen molar-refractivity contribution < 1.29 is 4.79 Å². The van der Waals surface area contributed by atoms with Crippen LogP contribution in [0.25, 0.3) is 0 Å². The third-order valence-electron chi connectivity index (χ3n) is 3.31. The molecule has 1 amide bonds. The molecule has 1 fully saturated rings. The first-order chi connectivity index (χ1) is 8.61. The maximum absolute atomic E-state index is 12.2. The number of halogens is 3. The van der Waals surface area contributed by atoms with Crippen molar-refractivity contribution in [3.8, 4) is 0 Å². The number of carbonyl (C=O) groups is 1. The lowest BCUT2D eigenvalue weighted by atomic mass is 10.1. The largest absolute Gasteiger partial charge is 0.338 e. The number of carbonyl (C=O) groups excluding carboxylic acids is 1. The monoisotopic (exact) mass is 322 g/mol. The zero-order valence-corrected chi connectivity index (χ0v) is 12.8. The highest BCUT2D eigenvalue weighted by Crippen LogP contribution is 2.24. The molecule has 0 aromatic heterocycles. The second kappa shape index (κ2) is 7.34. The van der Waals surface area contributed by atoms with Crippen LogP contribution >= 0.6 is 35.6 Å². The van der Waals surface area contributed by atoms with Gasteiger partial charge in [-0.1, -0.05) is 29.3 Å². The van der Waals surface area contributed by atoms with Gasteiger partial charge in [0, 0.05) is 19.1 Å². The fourth-order valence-corrected chi connectivity index (χ4v) is 2.66. The van der Waals surface area contributed by atoms with Crippen molar-refractivity contribution in [2.45, 2.75) is 25.3 Å². The number of nitrogens with zero attached hydrogens (tertiary/aromatic N) is 1. The summed E-state index contributed by atoms with van der Waals surface area (Å²) in [7, 11) is 0. The Morgan fingerprint density at radius 1 is 1.37 bits per heavy atom. The van der Waals surface area contributed by atoms with Crippen LogP contribution in [0.5, 0.6) is 0 Å². The summed E-state index contributed by atoms with van der Waals surface area (Å²) in [6.45, 7) is 1.34. The fraction of sp³-hybridized carbons (Fsp3) is 0.462. The van der Waals surface area contributed by atoms with Gasteiger partial charge in [-0.2, -0.15) is 0 Å². The van der Waals surface area contributed by atoms with Gasteiger partial charge in [0.25, 0.3) is 0 Å². The lowest BCUT2D eigenvalue weighted by Crippen LogP contribution is -2.40. The molecule has 106 valence electrons. The van der Waals surface area contributed by atoms with E-state index in [0.717, 1.165) is 24.9 Å². The Hall–Kier alpha value is -0.480. The average molecular weight is 324 g/mol. The maximum atomic E-state index is 12.2. The molecule has 1 aromatic carbocycles. The normalized spacial score (nSPS) is 18.3. The molecule has 6 heteroatoms. The minimum absolute atomic E-state index is 0. The molecule has 0 aliphatic carbocycles. The van der Waals surface area contributed by atoms with Gasteiger partial charge in [-0.05, 0) is 30.5 Å². The van der Waals surface area contributed by atoms with Crippen LogP contribution in [0.1, 0.15) is 18.4 Å². The molecule has 19 heavy (non-hydrogen) atoms. The number of likely N-dealkylation sites (tertiary alicyclic amines) is 1. The summed E-state index contributed by atoms with van der Waals surface area (Å²) >= 11 is 11.8. The molecule has 1 aliphatic rings. The van der Waals surface area contributed by atoms with E-state index in [0.29, 0.717) is 23.0 Å². The molecule has 1 saturated heterocycles. The third-order valence-corrected chi connectivity index (χ3v) is 4.05. The Balaban J connectivity index is 0.00000180. The average Bonchev–Trinajstić information content (AvgIpc) is 2.82. The smallest absolute Gasteiger partial charge is 0.227 e. The fourth-order valence-electron chi connectivity index (χ4n) is 2.33. The zero-order valence-electron chi connectivity index (χ0n) is 10.4. The minimum atomic E-state index is 0. The van der Waals surface area contributed by atoms with Crippen LogP contribution in [0.3, 0.4) is 0 Å². The Labute approximate surface area is 129 Å². The molecule has 1 unspecified atom stereocenters. The van der Waals surface area contributed by atoms with E-state index in [1.165, 1.54) is 0 Å². The highest BCUT2D eigenvalue weighted by Gasteiger charge is 2.27. The Kier molecular flexibility index (Phi) is 6.40. The molecule has 3 nitrogen and oxygen atoms in total. The zero-order chi connectivity index (χ0) is 13.1. The second-order valence-electron chi connectivity index (χ2n) is 4.54. The predicted octanol–water partition coefficient (Wildman–Crippen LogP) is 2.91. The van der Waals surface area contributed by atoms with Crippen LogP contribution < -0.4 is 5.73 Å². The van der Waals surface area contributed by atoms with Crippen LogP contribution in [0.2, 0.25) is 10.0 Å². The summed E-state index contributed by atoms with van der Waals surface area (Å²) in [4.78, 5) is 14.1. The Morgan fingerprint density at radius 2 is 2.11 bits per heavy atom. The summed E-state index contributed by atoms with van der Waals surface area (Å²) < 4.78 is 0. The van der Waals surface area contributed by atoms with Gasteiger partial charge in [0.2, 0.25) is 5.91 Å². The van der Waals surface area contributed by atoms with Crippen LogP contribution in [-0.2, 0) is 11.2 Å². The summed E-state index contributed by atoms with van der Waals surface area (Å²) in [6, 6.07) is 5.49. The summed E-state index contributed by atoms with van der Waals surface area (Å²) in [5.41, 5.74) is 6.55. The number of hydrogen-bond donors (Lipinski definition) is 1. The quantitative estimate of drug-likeness (QED) is 0.929. The molecule has 2 rings (SSSR count). The lowest BCUT2D eigenvalue weighted by Gasteiger charge is -2.23. The van der Waals surface area contributed by atoms with Gasteiger partial charge >= 0.3 is 0 Å². The van der Waals surface area contributed by atoms with Gasteiger partial charge in [0.15, 0.2) is 0 Å². The van der Waals surface area contributed by atoms with E-state index in [4.69, 9.17) is 28.9 Å². The maximum Gasteiger partial charge on any atom is 0.227 e. The van der Waals surface area contributed by atoms with Gasteiger partial charge in [-0.3, -0.25) is 4.79 Å². The third kappa shape index (κ3) is 3.99. The number of amides is 1. The number of hydrogen-bond acceptors (Lipinski definition) is 2. The Morgan fingerprint density at radius 3 is 2.74 bits per heavy atom. The van der Waals surface area contributed by atoms with Gasteiger partial charge in [0.1, 0.15) is 0 Å². The number of benzene rings is 1. The molecular formula is C13H17Cl3N2O. The Bertz CT molecular complexity index is 454. The molecule has 1 aliphatic heterocycles.